The number of anilines is 2. The van der Waals surface area contributed by atoms with E-state index in [1.165, 1.54) is 36.0 Å². The molecule has 0 heterocycles. The van der Waals surface area contributed by atoms with Crippen LogP contribution in [0.15, 0.2) is 42.5 Å². The van der Waals surface area contributed by atoms with Crippen molar-refractivity contribution < 1.29 is 0 Å². The molecule has 2 aromatic rings. The first-order valence-corrected chi connectivity index (χ1v) is 6.49. The van der Waals surface area contributed by atoms with Crippen LogP contribution >= 0.6 is 0 Å². The SMILES string of the molecule is Nc1cccc(-c2cc(N)ccc2C2CCC2)c1. The highest BCUT2D eigenvalue weighted by atomic mass is 14.5. The predicted molar refractivity (Wildman–Crippen MR) is 77.3 cm³/mol. The molecule has 3 rings (SSSR count). The van der Waals surface area contributed by atoms with E-state index in [9.17, 15) is 0 Å². The fourth-order valence-corrected chi connectivity index (χ4v) is 2.61. The van der Waals surface area contributed by atoms with Crippen LogP contribution in [0, 0.1) is 0 Å². The zero-order valence-electron chi connectivity index (χ0n) is 10.4. The molecule has 1 aliphatic rings. The Kier molecular flexibility index (Phi) is 2.71. The third-order valence-electron chi connectivity index (χ3n) is 3.82. The van der Waals surface area contributed by atoms with Crippen LogP contribution in [-0.2, 0) is 0 Å². The lowest BCUT2D eigenvalue weighted by atomic mass is 9.77. The van der Waals surface area contributed by atoms with Crippen LogP contribution in [0.3, 0.4) is 0 Å². The Hall–Kier alpha value is -1.96. The molecule has 0 amide bonds. The van der Waals surface area contributed by atoms with Crippen LogP contribution in [0.1, 0.15) is 30.7 Å². The molecule has 0 unspecified atom stereocenters. The van der Waals surface area contributed by atoms with E-state index in [1.807, 2.05) is 24.3 Å². The third-order valence-corrected chi connectivity index (χ3v) is 3.82. The molecule has 92 valence electrons. The number of hydrogen-bond donors (Lipinski definition) is 2. The third kappa shape index (κ3) is 1.94. The van der Waals surface area contributed by atoms with E-state index in [0.717, 1.165) is 11.4 Å². The normalized spacial score (nSPS) is 15.3. The Balaban J connectivity index is 2.11. The largest absolute Gasteiger partial charge is 0.399 e. The van der Waals surface area contributed by atoms with Gasteiger partial charge in [0, 0.05) is 11.4 Å². The average molecular weight is 238 g/mol. The maximum Gasteiger partial charge on any atom is 0.0320 e. The van der Waals surface area contributed by atoms with E-state index < -0.39 is 0 Å². The first-order chi connectivity index (χ1) is 8.74. The minimum atomic E-state index is 0.696. The van der Waals surface area contributed by atoms with Gasteiger partial charge in [0.15, 0.2) is 0 Å². The minimum absolute atomic E-state index is 0.696. The molecule has 4 N–H and O–H groups in total. The lowest BCUT2D eigenvalue weighted by Crippen LogP contribution is -2.10. The molecule has 0 bridgehead atoms. The van der Waals surface area contributed by atoms with Crippen molar-refractivity contribution in [3.8, 4) is 11.1 Å². The van der Waals surface area contributed by atoms with Gasteiger partial charge >= 0.3 is 0 Å². The summed E-state index contributed by atoms with van der Waals surface area (Å²) in [5.41, 5.74) is 17.3. The summed E-state index contributed by atoms with van der Waals surface area (Å²) < 4.78 is 0. The van der Waals surface area contributed by atoms with Crippen LogP contribution < -0.4 is 11.5 Å². The van der Waals surface area contributed by atoms with Gasteiger partial charge in [-0.2, -0.15) is 0 Å². The summed E-state index contributed by atoms with van der Waals surface area (Å²) in [6.45, 7) is 0. The summed E-state index contributed by atoms with van der Waals surface area (Å²) >= 11 is 0. The van der Waals surface area contributed by atoms with Crippen LogP contribution in [0.25, 0.3) is 11.1 Å². The van der Waals surface area contributed by atoms with Gasteiger partial charge in [-0.3, -0.25) is 0 Å². The molecule has 0 saturated heterocycles. The van der Waals surface area contributed by atoms with Crippen molar-refractivity contribution in [3.63, 3.8) is 0 Å². The van der Waals surface area contributed by atoms with Gasteiger partial charge in [0.1, 0.15) is 0 Å². The van der Waals surface area contributed by atoms with E-state index in [4.69, 9.17) is 11.5 Å². The Labute approximate surface area is 108 Å². The van der Waals surface area contributed by atoms with E-state index >= 15 is 0 Å². The molecular weight excluding hydrogens is 220 g/mol. The Bertz CT molecular complexity index is 571. The maximum absolute atomic E-state index is 5.93. The number of hydrogen-bond acceptors (Lipinski definition) is 2. The topological polar surface area (TPSA) is 52.0 Å². The van der Waals surface area contributed by atoms with E-state index in [2.05, 4.69) is 18.2 Å². The lowest BCUT2D eigenvalue weighted by Gasteiger charge is -2.28. The molecule has 1 saturated carbocycles. The quantitative estimate of drug-likeness (QED) is 0.782. The van der Waals surface area contributed by atoms with Gasteiger partial charge in [0.05, 0.1) is 0 Å². The van der Waals surface area contributed by atoms with Crippen molar-refractivity contribution in [2.24, 2.45) is 0 Å². The van der Waals surface area contributed by atoms with Gasteiger partial charge in [-0.05, 0) is 59.7 Å². The second kappa shape index (κ2) is 4.37. The fourth-order valence-electron chi connectivity index (χ4n) is 2.61. The number of benzene rings is 2. The monoisotopic (exact) mass is 238 g/mol. The summed E-state index contributed by atoms with van der Waals surface area (Å²) in [7, 11) is 0. The fraction of sp³-hybridized carbons (Fsp3) is 0.250. The summed E-state index contributed by atoms with van der Waals surface area (Å²) in [5, 5.41) is 0. The lowest BCUT2D eigenvalue weighted by molar-refractivity contribution is 0.420. The van der Waals surface area contributed by atoms with Gasteiger partial charge in [-0.25, -0.2) is 0 Å². The van der Waals surface area contributed by atoms with Crippen molar-refractivity contribution >= 4 is 11.4 Å². The number of nitrogens with two attached hydrogens (primary N) is 2. The molecule has 1 fully saturated rings. The molecule has 0 spiro atoms. The maximum atomic E-state index is 5.93. The number of nitrogen functional groups attached to an aromatic ring is 2. The molecule has 18 heavy (non-hydrogen) atoms. The molecular formula is C16H18N2. The van der Waals surface area contributed by atoms with Crippen molar-refractivity contribution in [1.82, 2.24) is 0 Å². The molecule has 0 radical (unpaired) electrons. The van der Waals surface area contributed by atoms with Gasteiger partial charge in [-0.15, -0.1) is 0 Å². The zero-order chi connectivity index (χ0) is 12.5. The van der Waals surface area contributed by atoms with Crippen LogP contribution in [-0.4, -0.2) is 0 Å². The van der Waals surface area contributed by atoms with Gasteiger partial charge in [0.25, 0.3) is 0 Å². The second-order valence-electron chi connectivity index (χ2n) is 5.10. The van der Waals surface area contributed by atoms with Crippen molar-refractivity contribution in [1.29, 1.82) is 0 Å². The van der Waals surface area contributed by atoms with Gasteiger partial charge < -0.3 is 11.5 Å². The zero-order valence-corrected chi connectivity index (χ0v) is 10.4. The van der Waals surface area contributed by atoms with Crippen molar-refractivity contribution in [2.75, 3.05) is 11.5 Å². The predicted octanol–water partition coefficient (Wildman–Crippen LogP) is 3.79. The Morgan fingerprint density at radius 1 is 0.889 bits per heavy atom. The highest BCUT2D eigenvalue weighted by Crippen LogP contribution is 2.41. The van der Waals surface area contributed by atoms with Crippen molar-refractivity contribution in [2.45, 2.75) is 25.2 Å². The molecule has 0 aromatic heterocycles. The number of rotatable bonds is 2. The minimum Gasteiger partial charge on any atom is -0.399 e. The van der Waals surface area contributed by atoms with E-state index in [0.29, 0.717) is 5.92 Å². The molecule has 2 aromatic carbocycles. The molecule has 2 nitrogen and oxygen atoms in total. The van der Waals surface area contributed by atoms with Gasteiger partial charge in [0.2, 0.25) is 0 Å². The second-order valence-corrected chi connectivity index (χ2v) is 5.10. The van der Waals surface area contributed by atoms with Crippen LogP contribution in [0.2, 0.25) is 0 Å². The van der Waals surface area contributed by atoms with Crippen LogP contribution in [0.4, 0.5) is 11.4 Å². The van der Waals surface area contributed by atoms with Crippen LogP contribution in [0.5, 0.6) is 0 Å². The smallest absolute Gasteiger partial charge is 0.0320 e. The average Bonchev–Trinajstić information content (AvgIpc) is 2.29. The first-order valence-electron chi connectivity index (χ1n) is 6.49. The van der Waals surface area contributed by atoms with Crippen molar-refractivity contribution in [3.05, 3.63) is 48.0 Å². The Morgan fingerprint density at radius 3 is 2.33 bits per heavy atom. The molecule has 0 aliphatic heterocycles. The highest BCUT2D eigenvalue weighted by Gasteiger charge is 2.22. The Morgan fingerprint density at radius 2 is 1.67 bits per heavy atom. The standard InChI is InChI=1S/C16H18N2/c17-13-6-2-5-12(9-13)16-10-14(18)7-8-15(16)11-3-1-4-11/h2,5-11H,1,3-4,17-18H2. The first kappa shape index (κ1) is 11.1. The highest BCUT2D eigenvalue weighted by molar-refractivity contribution is 5.74. The van der Waals surface area contributed by atoms with E-state index in [1.54, 1.807) is 0 Å². The molecule has 0 atom stereocenters. The van der Waals surface area contributed by atoms with E-state index in [-0.39, 0.29) is 0 Å². The molecule has 2 heteroatoms. The summed E-state index contributed by atoms with van der Waals surface area (Å²) in [4.78, 5) is 0. The molecule has 1 aliphatic carbocycles. The summed E-state index contributed by atoms with van der Waals surface area (Å²) in [6.07, 6.45) is 3.92. The summed E-state index contributed by atoms with van der Waals surface area (Å²) in [5.74, 6) is 0.696. The van der Waals surface area contributed by atoms with Gasteiger partial charge in [-0.1, -0.05) is 24.6 Å². The summed E-state index contributed by atoms with van der Waals surface area (Å²) in [6, 6.07) is 14.3.